The van der Waals surface area contributed by atoms with Gasteiger partial charge in [-0.15, -0.1) is 6.58 Å². The van der Waals surface area contributed by atoms with E-state index in [1.165, 1.54) is 18.2 Å². The molecule has 0 aliphatic heterocycles. The van der Waals surface area contributed by atoms with Gasteiger partial charge in [0, 0.05) is 12.1 Å². The molecule has 0 atom stereocenters. The molecule has 0 radical (unpaired) electrons. The predicted molar refractivity (Wildman–Crippen MR) is 43.1 cm³/mol. The maximum Gasteiger partial charge on any atom is 0.433 e. The highest BCUT2D eigenvalue weighted by molar-refractivity contribution is 5.15. The molecule has 13 heavy (non-hydrogen) atoms. The first-order chi connectivity index (χ1) is 6.04. The Labute approximate surface area is 73.9 Å². The second-order valence-corrected chi connectivity index (χ2v) is 2.50. The van der Waals surface area contributed by atoms with Gasteiger partial charge < -0.3 is 0 Å². The normalized spacial score (nSPS) is 11.3. The van der Waals surface area contributed by atoms with Crippen LogP contribution in [0.15, 0.2) is 30.9 Å². The molecule has 70 valence electrons. The van der Waals surface area contributed by atoms with Crippen molar-refractivity contribution in [3.63, 3.8) is 0 Å². The van der Waals surface area contributed by atoms with Crippen molar-refractivity contribution in [3.8, 4) is 0 Å². The molecular weight excluding hydrogens is 179 g/mol. The quantitative estimate of drug-likeness (QED) is 0.649. The lowest BCUT2D eigenvalue weighted by Crippen LogP contribution is -2.08. The van der Waals surface area contributed by atoms with E-state index in [2.05, 4.69) is 11.6 Å². The summed E-state index contributed by atoms with van der Waals surface area (Å²) < 4.78 is 36.4. The van der Waals surface area contributed by atoms with Gasteiger partial charge >= 0.3 is 6.18 Å². The SMILES string of the molecule is C=CCc1cccc(C(F)(F)F)n1. The third-order valence-electron chi connectivity index (χ3n) is 1.45. The summed E-state index contributed by atoms with van der Waals surface area (Å²) in [5, 5.41) is 0. The Bertz CT molecular complexity index is 304. The first kappa shape index (κ1) is 9.77. The number of hydrogen-bond acceptors (Lipinski definition) is 1. The van der Waals surface area contributed by atoms with Gasteiger partial charge in [-0.2, -0.15) is 13.2 Å². The van der Waals surface area contributed by atoms with Gasteiger partial charge in [0.25, 0.3) is 0 Å². The van der Waals surface area contributed by atoms with Crippen LogP contribution in [0.3, 0.4) is 0 Å². The Kier molecular flexibility index (Phi) is 2.70. The number of alkyl halides is 3. The molecule has 1 nitrogen and oxygen atoms in total. The minimum atomic E-state index is -4.36. The maximum absolute atomic E-state index is 12.1. The Hall–Kier alpha value is -1.32. The summed E-state index contributed by atoms with van der Waals surface area (Å²) in [5.41, 5.74) is -0.475. The van der Waals surface area contributed by atoms with Crippen molar-refractivity contribution in [1.82, 2.24) is 4.98 Å². The van der Waals surface area contributed by atoms with Crippen LogP contribution in [0.25, 0.3) is 0 Å². The first-order valence-corrected chi connectivity index (χ1v) is 3.68. The molecule has 1 aromatic rings. The van der Waals surface area contributed by atoms with Crippen molar-refractivity contribution in [2.75, 3.05) is 0 Å². The van der Waals surface area contributed by atoms with Gasteiger partial charge in [-0.3, -0.25) is 0 Å². The van der Waals surface area contributed by atoms with Gasteiger partial charge in [0.2, 0.25) is 0 Å². The Morgan fingerprint density at radius 1 is 1.38 bits per heavy atom. The van der Waals surface area contributed by atoms with E-state index in [1.54, 1.807) is 0 Å². The summed E-state index contributed by atoms with van der Waals surface area (Å²) in [4.78, 5) is 3.44. The third kappa shape index (κ3) is 2.57. The summed E-state index contributed by atoms with van der Waals surface area (Å²) >= 11 is 0. The molecular formula is C9H8F3N. The number of hydrogen-bond donors (Lipinski definition) is 0. The van der Waals surface area contributed by atoms with Gasteiger partial charge in [-0.05, 0) is 12.1 Å². The molecule has 1 heterocycles. The van der Waals surface area contributed by atoms with Gasteiger partial charge in [0.15, 0.2) is 0 Å². The number of nitrogens with zero attached hydrogens (tertiary/aromatic N) is 1. The average Bonchev–Trinajstić information content (AvgIpc) is 2.04. The van der Waals surface area contributed by atoms with E-state index in [1.807, 2.05) is 0 Å². The molecule has 0 bridgehead atoms. The predicted octanol–water partition coefficient (Wildman–Crippen LogP) is 2.83. The van der Waals surface area contributed by atoms with E-state index in [0.29, 0.717) is 12.1 Å². The number of allylic oxidation sites excluding steroid dienone is 1. The van der Waals surface area contributed by atoms with Crippen LogP contribution in [-0.2, 0) is 12.6 Å². The largest absolute Gasteiger partial charge is 0.433 e. The molecule has 0 spiro atoms. The fourth-order valence-electron chi connectivity index (χ4n) is 0.899. The van der Waals surface area contributed by atoms with E-state index in [9.17, 15) is 13.2 Å². The highest BCUT2D eigenvalue weighted by Gasteiger charge is 2.32. The van der Waals surface area contributed by atoms with E-state index < -0.39 is 11.9 Å². The molecule has 0 aliphatic carbocycles. The minimum absolute atomic E-state index is 0.351. The molecule has 0 fully saturated rings. The number of aromatic nitrogens is 1. The summed E-state index contributed by atoms with van der Waals surface area (Å²) in [6, 6.07) is 3.83. The zero-order valence-corrected chi connectivity index (χ0v) is 6.80. The smallest absolute Gasteiger partial charge is 0.248 e. The molecule has 0 saturated carbocycles. The fraction of sp³-hybridized carbons (Fsp3) is 0.222. The van der Waals surface area contributed by atoms with E-state index in [0.717, 1.165) is 6.07 Å². The molecule has 4 heteroatoms. The lowest BCUT2D eigenvalue weighted by atomic mass is 10.2. The number of pyridine rings is 1. The zero-order chi connectivity index (χ0) is 9.90. The lowest BCUT2D eigenvalue weighted by molar-refractivity contribution is -0.141. The summed E-state index contributed by atoms with van der Waals surface area (Å²) in [6.45, 7) is 3.43. The standard InChI is InChI=1S/C9H8F3N/c1-2-4-7-5-3-6-8(13-7)9(10,11)12/h2-3,5-6H,1,4H2. The van der Waals surface area contributed by atoms with Crippen LogP contribution in [0.1, 0.15) is 11.4 Å². The van der Waals surface area contributed by atoms with Crippen LogP contribution >= 0.6 is 0 Å². The highest BCUT2D eigenvalue weighted by Crippen LogP contribution is 2.27. The second-order valence-electron chi connectivity index (χ2n) is 2.50. The minimum Gasteiger partial charge on any atom is -0.248 e. The topological polar surface area (TPSA) is 12.9 Å². The summed E-state index contributed by atoms with van der Waals surface area (Å²) in [5.74, 6) is 0. The van der Waals surface area contributed by atoms with Crippen molar-refractivity contribution < 1.29 is 13.2 Å². The van der Waals surface area contributed by atoms with Gasteiger partial charge in [-0.25, -0.2) is 4.98 Å². The van der Waals surface area contributed by atoms with E-state index >= 15 is 0 Å². The van der Waals surface area contributed by atoms with Crippen molar-refractivity contribution in [2.24, 2.45) is 0 Å². The summed E-state index contributed by atoms with van der Waals surface area (Å²) in [7, 11) is 0. The van der Waals surface area contributed by atoms with Crippen LogP contribution in [0.5, 0.6) is 0 Å². The first-order valence-electron chi connectivity index (χ1n) is 3.68. The monoisotopic (exact) mass is 187 g/mol. The molecule has 1 rings (SSSR count). The van der Waals surface area contributed by atoms with Crippen LogP contribution in [0, 0.1) is 0 Å². The van der Waals surface area contributed by atoms with Crippen LogP contribution in [0.2, 0.25) is 0 Å². The molecule has 0 saturated heterocycles. The van der Waals surface area contributed by atoms with E-state index in [4.69, 9.17) is 0 Å². The van der Waals surface area contributed by atoms with Crippen LogP contribution < -0.4 is 0 Å². The van der Waals surface area contributed by atoms with Crippen LogP contribution in [-0.4, -0.2) is 4.98 Å². The van der Waals surface area contributed by atoms with Crippen molar-refractivity contribution in [2.45, 2.75) is 12.6 Å². The summed E-state index contributed by atoms with van der Waals surface area (Å²) in [6.07, 6.45) is -2.50. The van der Waals surface area contributed by atoms with Gasteiger partial charge in [-0.1, -0.05) is 12.1 Å². The average molecular weight is 187 g/mol. The van der Waals surface area contributed by atoms with E-state index in [-0.39, 0.29) is 0 Å². The van der Waals surface area contributed by atoms with Crippen LogP contribution in [0.4, 0.5) is 13.2 Å². The molecule has 0 aromatic carbocycles. The second kappa shape index (κ2) is 3.60. The van der Waals surface area contributed by atoms with Crippen molar-refractivity contribution >= 4 is 0 Å². The van der Waals surface area contributed by atoms with Gasteiger partial charge in [0.1, 0.15) is 5.69 Å². The molecule has 0 aliphatic rings. The molecule has 0 amide bonds. The molecule has 0 N–H and O–H groups in total. The maximum atomic E-state index is 12.1. The van der Waals surface area contributed by atoms with Crippen molar-refractivity contribution in [3.05, 3.63) is 42.2 Å². The fourth-order valence-corrected chi connectivity index (χ4v) is 0.899. The Morgan fingerprint density at radius 2 is 2.08 bits per heavy atom. The van der Waals surface area contributed by atoms with Crippen molar-refractivity contribution in [1.29, 1.82) is 0 Å². The van der Waals surface area contributed by atoms with Gasteiger partial charge in [0.05, 0.1) is 0 Å². The molecule has 0 unspecified atom stereocenters. The number of rotatable bonds is 2. The molecule has 1 aromatic heterocycles. The number of halogens is 3. The Balaban J connectivity index is 2.98. The lowest BCUT2D eigenvalue weighted by Gasteiger charge is -2.05. The zero-order valence-electron chi connectivity index (χ0n) is 6.80. The Morgan fingerprint density at radius 3 is 2.62 bits per heavy atom. The third-order valence-corrected chi connectivity index (χ3v) is 1.45. The highest BCUT2D eigenvalue weighted by atomic mass is 19.4.